The number of imide groups is 1. The summed E-state index contributed by atoms with van der Waals surface area (Å²) in [4.78, 5) is 53.5. The van der Waals surface area contributed by atoms with Gasteiger partial charge in [-0.15, -0.1) is 0 Å². The van der Waals surface area contributed by atoms with Crippen LogP contribution in [0.25, 0.3) is 0 Å². The van der Waals surface area contributed by atoms with Crippen LogP contribution >= 0.6 is 0 Å². The molecule has 10 nitrogen and oxygen atoms in total. The third-order valence-electron chi connectivity index (χ3n) is 6.82. The number of ketones is 2. The maximum Gasteiger partial charge on any atom is 0.326 e. The van der Waals surface area contributed by atoms with Crippen LogP contribution in [0.4, 0.5) is 4.79 Å². The number of benzene rings is 1. The van der Waals surface area contributed by atoms with Crippen molar-refractivity contribution in [3.05, 3.63) is 35.9 Å². The molecule has 0 aromatic heterocycles. The van der Waals surface area contributed by atoms with Gasteiger partial charge >= 0.3 is 6.03 Å². The first-order valence-corrected chi connectivity index (χ1v) is 10.3. The fourth-order valence-corrected chi connectivity index (χ4v) is 5.36. The molecule has 5 heterocycles. The summed E-state index contributed by atoms with van der Waals surface area (Å²) in [6.07, 6.45) is -2.71. The van der Waals surface area contributed by atoms with E-state index in [0.717, 1.165) is 4.90 Å². The third-order valence-corrected chi connectivity index (χ3v) is 6.82. The van der Waals surface area contributed by atoms with Crippen LogP contribution < -0.4 is 5.32 Å². The van der Waals surface area contributed by atoms with Crippen LogP contribution in [0, 0.1) is 5.92 Å². The second-order valence-corrected chi connectivity index (χ2v) is 8.47. The summed E-state index contributed by atoms with van der Waals surface area (Å²) in [7, 11) is 0. The monoisotopic (exact) mass is 428 g/mol. The largest absolute Gasteiger partial charge is 0.343 e. The van der Waals surface area contributed by atoms with E-state index in [1.165, 1.54) is 0 Å². The van der Waals surface area contributed by atoms with Crippen LogP contribution in [-0.2, 0) is 38.9 Å². The Balaban J connectivity index is 1.44. The Kier molecular flexibility index (Phi) is 4.10. The zero-order chi connectivity index (χ0) is 21.3. The second kappa shape index (κ2) is 6.67. The van der Waals surface area contributed by atoms with Gasteiger partial charge in [0.25, 0.3) is 5.91 Å². The maximum atomic E-state index is 14.0. The van der Waals surface area contributed by atoms with Gasteiger partial charge in [0.1, 0.15) is 6.04 Å². The lowest BCUT2D eigenvalue weighted by molar-refractivity contribution is -0.166. The topological polar surface area (TPSA) is 120 Å². The number of hydrogen-bond acceptors (Lipinski definition) is 8. The summed E-state index contributed by atoms with van der Waals surface area (Å²) < 4.78 is 21.9. The number of rotatable bonds is 3. The molecule has 31 heavy (non-hydrogen) atoms. The first-order chi connectivity index (χ1) is 15.0. The molecule has 0 radical (unpaired) electrons. The molecule has 5 fully saturated rings. The van der Waals surface area contributed by atoms with Gasteiger partial charge in [-0.25, -0.2) is 4.79 Å². The molecule has 10 heteroatoms. The highest BCUT2D eigenvalue weighted by molar-refractivity contribution is 6.11. The molecule has 6 rings (SSSR count). The maximum absolute atomic E-state index is 14.0. The molecule has 5 saturated heterocycles. The molecule has 162 valence electrons. The first kappa shape index (κ1) is 19.1. The van der Waals surface area contributed by atoms with Gasteiger partial charge in [-0.05, 0) is 5.56 Å². The van der Waals surface area contributed by atoms with Gasteiger partial charge in [-0.1, -0.05) is 30.3 Å². The van der Waals surface area contributed by atoms with Crippen LogP contribution in [0.1, 0.15) is 18.4 Å². The first-order valence-electron chi connectivity index (χ1n) is 10.3. The van der Waals surface area contributed by atoms with E-state index in [1.54, 1.807) is 30.3 Å². The second-order valence-electron chi connectivity index (χ2n) is 8.47. The average molecular weight is 428 g/mol. The molecule has 0 aliphatic carbocycles. The predicted molar refractivity (Wildman–Crippen MR) is 99.2 cm³/mol. The van der Waals surface area contributed by atoms with Crippen LogP contribution in [0.3, 0.4) is 0 Å². The summed E-state index contributed by atoms with van der Waals surface area (Å²) in [5.74, 6) is -1.98. The fraction of sp³-hybridized carbons (Fsp3) is 0.524. The van der Waals surface area contributed by atoms with Gasteiger partial charge in [0.05, 0.1) is 25.4 Å². The lowest BCUT2D eigenvalue weighted by Crippen LogP contribution is -2.58. The normalized spacial score (nSPS) is 41.7. The zero-order valence-electron chi connectivity index (χ0n) is 16.4. The SMILES string of the molecule is O=C1C[C@H]([C@]2(c3ccccc3)NC(=O)N([C@H]3C[C@H]4CO[C@@H](O4)C3=O)C2=O)[C@H]2CO[C@H]1O2. The van der Waals surface area contributed by atoms with Crippen molar-refractivity contribution < 1.29 is 38.1 Å². The molecule has 3 amide bonds. The summed E-state index contributed by atoms with van der Waals surface area (Å²) in [6.45, 7) is 0.388. The van der Waals surface area contributed by atoms with Gasteiger partial charge in [-0.3, -0.25) is 19.3 Å². The van der Waals surface area contributed by atoms with Gasteiger partial charge in [-0.2, -0.15) is 0 Å². The van der Waals surface area contributed by atoms with E-state index in [0.29, 0.717) is 5.56 Å². The van der Waals surface area contributed by atoms with Crippen LogP contribution in [-0.4, -0.2) is 72.4 Å². The highest BCUT2D eigenvalue weighted by atomic mass is 16.7. The van der Waals surface area contributed by atoms with E-state index < -0.39 is 53.9 Å². The highest BCUT2D eigenvalue weighted by Gasteiger charge is 2.65. The predicted octanol–water partition coefficient (Wildman–Crippen LogP) is -0.153. The number of carbonyl (C=O) groups is 4. The number of nitrogens with one attached hydrogen (secondary N) is 1. The van der Waals surface area contributed by atoms with Crippen molar-refractivity contribution >= 4 is 23.5 Å². The van der Waals surface area contributed by atoms with Crippen LogP contribution in [0.15, 0.2) is 30.3 Å². The van der Waals surface area contributed by atoms with Crippen LogP contribution in [0.5, 0.6) is 0 Å². The molecule has 7 atom stereocenters. The van der Waals surface area contributed by atoms with Gasteiger partial charge in [0.15, 0.2) is 11.3 Å². The molecule has 5 aliphatic heterocycles. The lowest BCUT2D eigenvalue weighted by Gasteiger charge is -2.40. The summed E-state index contributed by atoms with van der Waals surface area (Å²) in [5, 5.41) is 2.84. The van der Waals surface area contributed by atoms with E-state index in [9.17, 15) is 19.2 Å². The summed E-state index contributed by atoms with van der Waals surface area (Å²) in [5.41, 5.74) is -1.02. The Morgan fingerprint density at radius 3 is 2.55 bits per heavy atom. The fourth-order valence-electron chi connectivity index (χ4n) is 5.36. The van der Waals surface area contributed by atoms with E-state index >= 15 is 0 Å². The minimum atomic E-state index is -1.55. The van der Waals surface area contributed by atoms with Gasteiger partial charge in [0, 0.05) is 18.8 Å². The number of ether oxygens (including phenoxy) is 4. The van der Waals surface area contributed by atoms with E-state index in [4.69, 9.17) is 18.9 Å². The Bertz CT molecular complexity index is 983. The molecule has 0 unspecified atom stereocenters. The lowest BCUT2D eigenvalue weighted by atomic mass is 9.72. The number of hydrogen-bond donors (Lipinski definition) is 1. The van der Waals surface area contributed by atoms with Crippen molar-refractivity contribution in [1.29, 1.82) is 0 Å². The minimum absolute atomic E-state index is 0.0141. The Labute approximate surface area is 176 Å². The Hall–Kier alpha value is -2.66. The summed E-state index contributed by atoms with van der Waals surface area (Å²) >= 11 is 0. The molecule has 0 saturated carbocycles. The van der Waals surface area contributed by atoms with Crippen molar-refractivity contribution in [2.45, 2.75) is 49.2 Å². The number of amides is 3. The van der Waals surface area contributed by atoms with E-state index in [1.807, 2.05) is 0 Å². The van der Waals surface area contributed by atoms with Gasteiger partial charge < -0.3 is 24.3 Å². The molecule has 4 bridgehead atoms. The summed E-state index contributed by atoms with van der Waals surface area (Å²) in [6, 6.07) is 7.10. The van der Waals surface area contributed by atoms with E-state index in [-0.39, 0.29) is 37.9 Å². The molecule has 5 aliphatic rings. The van der Waals surface area contributed by atoms with Crippen molar-refractivity contribution in [3.8, 4) is 0 Å². The van der Waals surface area contributed by atoms with Gasteiger partial charge in [0.2, 0.25) is 18.4 Å². The Morgan fingerprint density at radius 2 is 1.74 bits per heavy atom. The molecule has 1 aromatic carbocycles. The average Bonchev–Trinajstić information content (AvgIpc) is 3.45. The van der Waals surface area contributed by atoms with Crippen molar-refractivity contribution in [1.82, 2.24) is 10.2 Å². The number of Topliss-reactive ketones (excluding diaryl/α,β-unsaturated/α-hetero) is 2. The smallest absolute Gasteiger partial charge is 0.326 e. The van der Waals surface area contributed by atoms with Crippen LogP contribution in [0.2, 0.25) is 0 Å². The third kappa shape index (κ3) is 2.59. The van der Waals surface area contributed by atoms with Crippen molar-refractivity contribution in [2.24, 2.45) is 5.92 Å². The number of nitrogens with zero attached hydrogens (tertiary/aromatic N) is 1. The van der Waals surface area contributed by atoms with Crippen molar-refractivity contribution in [3.63, 3.8) is 0 Å². The quantitative estimate of drug-likeness (QED) is 0.660. The Morgan fingerprint density at radius 1 is 0.968 bits per heavy atom. The number of fused-ring (bicyclic) bond motifs is 4. The number of urea groups is 1. The molecule has 1 N–H and O–H groups in total. The highest BCUT2D eigenvalue weighted by Crippen LogP contribution is 2.46. The van der Waals surface area contributed by atoms with E-state index in [2.05, 4.69) is 5.32 Å². The molecule has 0 spiro atoms. The number of carbonyl (C=O) groups excluding carboxylic acids is 4. The minimum Gasteiger partial charge on any atom is -0.343 e. The molecular formula is C21H20N2O8. The van der Waals surface area contributed by atoms with Crippen molar-refractivity contribution in [2.75, 3.05) is 13.2 Å². The zero-order valence-corrected chi connectivity index (χ0v) is 16.4. The molecule has 1 aromatic rings. The molecular weight excluding hydrogens is 408 g/mol. The standard InChI is InChI=1S/C21H20N2O8/c24-14-7-12(15-9-29-17(14)31-15)21(10-4-2-1-3-5-10)19(26)23(20(27)22-21)13-6-11-8-28-18(30-11)16(13)25/h1-5,11-13,15,17-18H,6-9H2,(H,22,27)/t11-,12-,13-,15+,17-,18-,21-/m0/s1.